The van der Waals surface area contributed by atoms with E-state index in [0.29, 0.717) is 0 Å². The molecule has 0 aliphatic carbocycles. The molecule has 0 fully saturated rings. The molecular weight excluding hydrogens is 390 g/mol. The highest BCUT2D eigenvalue weighted by molar-refractivity contribution is 8.06. The van der Waals surface area contributed by atoms with Crippen molar-refractivity contribution in [2.24, 2.45) is 0 Å². The summed E-state index contributed by atoms with van der Waals surface area (Å²) in [5, 5.41) is 21.2. The maximum absolute atomic E-state index is 12.1. The number of nitrogens with one attached hydrogen (secondary N) is 1. The van der Waals surface area contributed by atoms with Crippen LogP contribution in [-0.4, -0.2) is 26.7 Å². The summed E-state index contributed by atoms with van der Waals surface area (Å²) in [5.41, 5.74) is -0.794. The van der Waals surface area contributed by atoms with Crippen LogP contribution in [0.4, 0.5) is 5.69 Å². The molecule has 140 valence electrons. The van der Waals surface area contributed by atoms with E-state index >= 15 is 0 Å². The number of hydrogen-bond donors (Lipinski definition) is 1. The van der Waals surface area contributed by atoms with E-state index in [1.165, 1.54) is 11.1 Å². The first kappa shape index (κ1) is 21.1. The second kappa shape index (κ2) is 7.99. The second-order valence-electron chi connectivity index (χ2n) is 4.61. The lowest BCUT2D eigenvalue weighted by Crippen LogP contribution is -2.31. The summed E-state index contributed by atoms with van der Waals surface area (Å²) < 4.78 is 49.6. The lowest BCUT2D eigenvalue weighted by Gasteiger charge is -2.07. The van der Waals surface area contributed by atoms with Gasteiger partial charge in [-0.3, -0.25) is 20.2 Å². The standard InChI is InChI=1S/C13H13N3O8S2/c1-3-11(15(17)18)5-4-10(2)25(21,22)14-26(23,24)13-8-6-12(7-9-13)16(19)20/h3-9,14H,2H2,1H3/b5-4-,11-3+. The van der Waals surface area contributed by atoms with E-state index in [4.69, 9.17) is 0 Å². The zero-order valence-electron chi connectivity index (χ0n) is 13.2. The van der Waals surface area contributed by atoms with Crippen LogP contribution < -0.4 is 4.13 Å². The molecule has 26 heavy (non-hydrogen) atoms. The fourth-order valence-corrected chi connectivity index (χ4v) is 4.23. The van der Waals surface area contributed by atoms with Crippen LogP contribution in [0, 0.1) is 20.2 Å². The van der Waals surface area contributed by atoms with Crippen LogP contribution in [-0.2, 0) is 20.0 Å². The van der Waals surface area contributed by atoms with Gasteiger partial charge in [-0.05, 0) is 31.2 Å². The van der Waals surface area contributed by atoms with Gasteiger partial charge in [0.25, 0.3) is 31.4 Å². The van der Waals surface area contributed by atoms with Crippen LogP contribution in [0.3, 0.4) is 0 Å². The van der Waals surface area contributed by atoms with Crippen molar-refractivity contribution >= 4 is 25.7 Å². The number of nitro groups is 2. The van der Waals surface area contributed by atoms with E-state index in [1.54, 1.807) is 0 Å². The fraction of sp³-hybridized carbons (Fsp3) is 0.0769. The molecule has 0 heterocycles. The lowest BCUT2D eigenvalue weighted by molar-refractivity contribution is -0.419. The van der Waals surface area contributed by atoms with Crippen molar-refractivity contribution in [2.45, 2.75) is 11.8 Å². The number of nitro benzene ring substituents is 1. The van der Waals surface area contributed by atoms with Crippen molar-refractivity contribution in [3.05, 3.63) is 79.9 Å². The maximum atomic E-state index is 12.1. The fourth-order valence-electron chi connectivity index (χ4n) is 1.52. The van der Waals surface area contributed by atoms with Crippen molar-refractivity contribution in [1.29, 1.82) is 0 Å². The van der Waals surface area contributed by atoms with Crippen LogP contribution in [0.5, 0.6) is 0 Å². The molecule has 1 N–H and O–H groups in total. The van der Waals surface area contributed by atoms with Crippen LogP contribution in [0.2, 0.25) is 0 Å². The topological polar surface area (TPSA) is 167 Å². The Morgan fingerprint density at radius 2 is 1.62 bits per heavy atom. The Balaban J connectivity index is 3.07. The van der Waals surface area contributed by atoms with Gasteiger partial charge < -0.3 is 0 Å². The van der Waals surface area contributed by atoms with E-state index < -0.39 is 45.4 Å². The third-order valence-electron chi connectivity index (χ3n) is 2.87. The molecule has 1 aromatic rings. The highest BCUT2D eigenvalue weighted by Crippen LogP contribution is 2.17. The first-order valence-electron chi connectivity index (χ1n) is 6.61. The van der Waals surface area contributed by atoms with Gasteiger partial charge >= 0.3 is 0 Å². The Morgan fingerprint density at radius 1 is 1.08 bits per heavy atom. The minimum Gasteiger partial charge on any atom is -0.258 e. The minimum atomic E-state index is -4.63. The SMILES string of the molecule is C=C(/C=C\C(=C/C)[N+](=O)[O-])S(=O)(=O)NS(=O)(=O)c1ccc([N+](=O)[O-])cc1. The van der Waals surface area contributed by atoms with E-state index in [1.807, 2.05) is 0 Å². The molecule has 0 aliphatic heterocycles. The summed E-state index contributed by atoms with van der Waals surface area (Å²) in [4.78, 5) is 18.4. The molecule has 0 unspecified atom stereocenters. The Bertz CT molecular complexity index is 1010. The smallest absolute Gasteiger partial charge is 0.258 e. The van der Waals surface area contributed by atoms with Crippen LogP contribution in [0.25, 0.3) is 0 Å². The number of sulfonamides is 2. The number of benzene rings is 1. The van der Waals surface area contributed by atoms with Gasteiger partial charge in [-0.15, -0.1) is 4.13 Å². The summed E-state index contributed by atoms with van der Waals surface area (Å²) in [5.74, 6) is 0. The summed E-state index contributed by atoms with van der Waals surface area (Å²) in [7, 11) is -9.19. The molecule has 0 radical (unpaired) electrons. The molecule has 13 heteroatoms. The average Bonchev–Trinajstić information content (AvgIpc) is 2.54. The molecular formula is C13H13N3O8S2. The van der Waals surface area contributed by atoms with Gasteiger partial charge in [0, 0.05) is 18.2 Å². The molecule has 0 spiro atoms. The molecule has 1 aromatic carbocycles. The molecule has 0 aliphatic rings. The minimum absolute atomic E-state index is 0.377. The second-order valence-corrected chi connectivity index (χ2v) is 8.29. The van der Waals surface area contributed by atoms with Gasteiger partial charge in [0.2, 0.25) is 0 Å². The van der Waals surface area contributed by atoms with Crippen molar-refractivity contribution in [3.63, 3.8) is 0 Å². The largest absolute Gasteiger partial charge is 0.269 e. The molecule has 0 bridgehead atoms. The van der Waals surface area contributed by atoms with E-state index in [2.05, 4.69) is 6.58 Å². The van der Waals surface area contributed by atoms with Gasteiger partial charge in [-0.2, -0.15) is 0 Å². The molecule has 0 aromatic heterocycles. The third kappa shape index (κ3) is 5.30. The van der Waals surface area contributed by atoms with E-state index in [9.17, 15) is 37.1 Å². The Morgan fingerprint density at radius 3 is 2.04 bits per heavy atom. The van der Waals surface area contributed by atoms with Gasteiger partial charge in [0.1, 0.15) is 0 Å². The van der Waals surface area contributed by atoms with Crippen LogP contribution in [0.15, 0.2) is 64.6 Å². The Labute approximate surface area is 148 Å². The molecule has 11 nitrogen and oxygen atoms in total. The quantitative estimate of drug-likeness (QED) is 0.386. The molecule has 0 saturated heterocycles. The first-order chi connectivity index (χ1) is 11.9. The molecule has 0 amide bonds. The Kier molecular flexibility index (Phi) is 6.49. The number of nitrogens with zero attached hydrogens (tertiary/aromatic N) is 2. The van der Waals surface area contributed by atoms with Gasteiger partial charge in [-0.1, -0.05) is 6.58 Å². The predicted octanol–water partition coefficient (Wildman–Crippen LogP) is 1.45. The molecule has 0 saturated carbocycles. The molecule has 1 rings (SSSR count). The van der Waals surface area contributed by atoms with Crippen LogP contribution in [0.1, 0.15) is 6.92 Å². The number of non-ortho nitro benzene ring substituents is 1. The monoisotopic (exact) mass is 403 g/mol. The van der Waals surface area contributed by atoms with E-state index in [-0.39, 0.29) is 5.69 Å². The Hall–Kier alpha value is -2.90. The van der Waals surface area contributed by atoms with E-state index in [0.717, 1.165) is 42.5 Å². The number of allylic oxidation sites excluding steroid dienone is 3. The first-order valence-corrected chi connectivity index (χ1v) is 9.58. The number of hydrogen-bond acceptors (Lipinski definition) is 8. The number of rotatable bonds is 8. The third-order valence-corrected chi connectivity index (χ3v) is 6.34. The summed E-state index contributed by atoms with van der Waals surface area (Å²) >= 11 is 0. The van der Waals surface area contributed by atoms with Crippen molar-refractivity contribution < 1.29 is 26.7 Å². The zero-order valence-corrected chi connectivity index (χ0v) is 14.9. The predicted molar refractivity (Wildman–Crippen MR) is 91.4 cm³/mol. The highest BCUT2D eigenvalue weighted by Gasteiger charge is 2.25. The highest BCUT2D eigenvalue weighted by atomic mass is 32.3. The van der Waals surface area contributed by atoms with Crippen molar-refractivity contribution in [2.75, 3.05) is 0 Å². The summed E-state index contributed by atoms with van der Waals surface area (Å²) in [6.45, 7) is 4.52. The van der Waals surface area contributed by atoms with Crippen LogP contribution >= 0.6 is 0 Å². The van der Waals surface area contributed by atoms with Crippen molar-refractivity contribution in [1.82, 2.24) is 4.13 Å². The van der Waals surface area contributed by atoms with Gasteiger partial charge in [0.05, 0.1) is 19.6 Å². The summed E-state index contributed by atoms with van der Waals surface area (Å²) in [6.07, 6.45) is 2.73. The lowest BCUT2D eigenvalue weighted by atomic mass is 10.3. The van der Waals surface area contributed by atoms with Gasteiger partial charge in [-0.25, -0.2) is 16.8 Å². The molecule has 0 atom stereocenters. The van der Waals surface area contributed by atoms with Crippen molar-refractivity contribution in [3.8, 4) is 0 Å². The van der Waals surface area contributed by atoms with Gasteiger partial charge in [0.15, 0.2) is 0 Å². The maximum Gasteiger partial charge on any atom is 0.269 e. The normalized spacial score (nSPS) is 12.9. The summed E-state index contributed by atoms with van der Waals surface area (Å²) in [6, 6.07) is 3.51. The zero-order chi connectivity index (χ0) is 20.1. The average molecular weight is 403 g/mol.